The lowest BCUT2D eigenvalue weighted by Crippen LogP contribution is -2.18. The Kier molecular flexibility index (Phi) is 7.17. The van der Waals surface area contributed by atoms with Crippen LogP contribution in [0.15, 0.2) is 35.3 Å². The van der Waals surface area contributed by atoms with Crippen molar-refractivity contribution in [2.75, 3.05) is 6.61 Å². The van der Waals surface area contributed by atoms with Gasteiger partial charge in [-0.2, -0.15) is 5.26 Å². The van der Waals surface area contributed by atoms with Crippen LogP contribution in [-0.4, -0.2) is 18.8 Å². The minimum absolute atomic E-state index is 0.0449. The van der Waals surface area contributed by atoms with E-state index in [0.717, 1.165) is 12.0 Å². The van der Waals surface area contributed by atoms with E-state index in [1.807, 2.05) is 36.4 Å². The molecule has 1 aromatic rings. The molecule has 0 fully saturated rings. The minimum atomic E-state index is -0.941. The van der Waals surface area contributed by atoms with Crippen molar-refractivity contribution in [3.05, 3.63) is 35.9 Å². The third-order valence-electron chi connectivity index (χ3n) is 2.97. The number of carbonyl (C=O) groups excluding carboxylic acids is 1. The summed E-state index contributed by atoms with van der Waals surface area (Å²) in [7, 11) is 0. The summed E-state index contributed by atoms with van der Waals surface area (Å²) in [4.78, 5) is 16.1. The molecule has 0 aliphatic carbocycles. The Hall–Kier alpha value is -2.15. The van der Waals surface area contributed by atoms with Crippen molar-refractivity contribution in [1.82, 2.24) is 0 Å². The Labute approximate surface area is 126 Å². The van der Waals surface area contributed by atoms with Gasteiger partial charge in [-0.1, -0.05) is 44.2 Å². The Morgan fingerprint density at radius 2 is 2.05 bits per heavy atom. The van der Waals surface area contributed by atoms with Gasteiger partial charge >= 0.3 is 5.97 Å². The van der Waals surface area contributed by atoms with Crippen molar-refractivity contribution in [2.45, 2.75) is 33.2 Å². The molecule has 0 bridgehead atoms. The number of rotatable bonds is 7. The first kappa shape index (κ1) is 16.9. The zero-order valence-corrected chi connectivity index (χ0v) is 12.8. The molecule has 0 heterocycles. The topological polar surface area (TPSA) is 62.5 Å². The fourth-order valence-corrected chi connectivity index (χ4v) is 1.97. The number of aliphatic imine (C=N–C) groups is 1. The third-order valence-corrected chi connectivity index (χ3v) is 2.97. The molecule has 0 unspecified atom stereocenters. The lowest BCUT2D eigenvalue weighted by atomic mass is 9.97. The first-order chi connectivity index (χ1) is 10.1. The van der Waals surface area contributed by atoms with E-state index < -0.39 is 11.9 Å². The first-order valence-corrected chi connectivity index (χ1v) is 7.23. The number of esters is 1. The fourth-order valence-electron chi connectivity index (χ4n) is 1.97. The molecule has 0 amide bonds. The van der Waals surface area contributed by atoms with Crippen molar-refractivity contribution < 1.29 is 9.53 Å². The number of carbonyl (C=O) groups is 1. The van der Waals surface area contributed by atoms with Crippen LogP contribution in [0.25, 0.3) is 0 Å². The molecule has 0 spiro atoms. The molecule has 1 rings (SSSR count). The van der Waals surface area contributed by atoms with Crippen molar-refractivity contribution in [3.63, 3.8) is 0 Å². The van der Waals surface area contributed by atoms with Crippen LogP contribution >= 0.6 is 0 Å². The monoisotopic (exact) mass is 286 g/mol. The van der Waals surface area contributed by atoms with Crippen LogP contribution in [0.2, 0.25) is 0 Å². The summed E-state index contributed by atoms with van der Waals surface area (Å²) in [5.74, 6) is -1.01. The Morgan fingerprint density at radius 3 is 2.57 bits per heavy atom. The van der Waals surface area contributed by atoms with Crippen LogP contribution in [0.3, 0.4) is 0 Å². The van der Waals surface area contributed by atoms with Crippen molar-refractivity contribution in [2.24, 2.45) is 16.8 Å². The second kappa shape index (κ2) is 8.91. The highest BCUT2D eigenvalue weighted by Gasteiger charge is 2.18. The van der Waals surface area contributed by atoms with E-state index in [9.17, 15) is 4.79 Å². The quantitative estimate of drug-likeness (QED) is 0.569. The van der Waals surface area contributed by atoms with Gasteiger partial charge in [0, 0.05) is 6.21 Å². The molecule has 4 nitrogen and oxygen atoms in total. The molecule has 0 aromatic heterocycles. The molecule has 0 saturated heterocycles. The maximum absolute atomic E-state index is 11.6. The van der Waals surface area contributed by atoms with Gasteiger partial charge in [0.25, 0.3) is 0 Å². The highest BCUT2D eigenvalue weighted by atomic mass is 16.5. The Balaban J connectivity index is 2.88. The molecular weight excluding hydrogens is 264 g/mol. The predicted octanol–water partition coefficient (Wildman–Crippen LogP) is 3.55. The molecule has 4 heteroatoms. The summed E-state index contributed by atoms with van der Waals surface area (Å²) in [6.07, 6.45) is 2.28. The second-order valence-electron chi connectivity index (χ2n) is 5.21. The van der Waals surface area contributed by atoms with E-state index >= 15 is 0 Å². The smallest absolute Gasteiger partial charge is 0.328 e. The normalized spacial score (nSPS) is 13.9. The molecule has 0 saturated carbocycles. The third kappa shape index (κ3) is 5.78. The van der Waals surface area contributed by atoms with Gasteiger partial charge in [-0.15, -0.1) is 0 Å². The first-order valence-electron chi connectivity index (χ1n) is 7.23. The van der Waals surface area contributed by atoms with Gasteiger partial charge in [-0.25, -0.2) is 0 Å². The van der Waals surface area contributed by atoms with Crippen molar-refractivity contribution >= 4 is 12.2 Å². The molecule has 0 aliphatic heterocycles. The summed E-state index contributed by atoms with van der Waals surface area (Å²) in [6.45, 7) is 6.23. The van der Waals surface area contributed by atoms with Crippen LogP contribution < -0.4 is 0 Å². The fraction of sp³-hybridized carbons (Fsp3) is 0.471. The summed E-state index contributed by atoms with van der Waals surface area (Å²) in [5, 5.41) is 9.05. The van der Waals surface area contributed by atoms with Crippen LogP contribution in [0.4, 0.5) is 0 Å². The van der Waals surface area contributed by atoms with E-state index in [4.69, 9.17) is 10.00 Å². The van der Waals surface area contributed by atoms with Crippen molar-refractivity contribution in [1.29, 1.82) is 5.26 Å². The molecule has 0 aliphatic rings. The average Bonchev–Trinajstić information content (AvgIpc) is 2.47. The number of hydrogen-bond acceptors (Lipinski definition) is 4. The number of benzene rings is 1. The van der Waals surface area contributed by atoms with Gasteiger partial charge in [-0.3, -0.25) is 9.79 Å². The van der Waals surface area contributed by atoms with Crippen LogP contribution in [0, 0.1) is 23.2 Å². The maximum atomic E-state index is 11.6. The van der Waals surface area contributed by atoms with Gasteiger partial charge < -0.3 is 4.74 Å². The number of hydrogen-bond donors (Lipinski definition) is 0. The molecule has 2 atom stereocenters. The van der Waals surface area contributed by atoms with Gasteiger partial charge in [-0.05, 0) is 24.8 Å². The van der Waals surface area contributed by atoms with E-state index in [2.05, 4.69) is 18.8 Å². The summed E-state index contributed by atoms with van der Waals surface area (Å²) in [5.41, 5.74) is 1.09. The lowest BCUT2D eigenvalue weighted by Gasteiger charge is -2.15. The van der Waals surface area contributed by atoms with Gasteiger partial charge in [0.1, 0.15) is 0 Å². The number of nitrogens with zero attached hydrogens (tertiary/aromatic N) is 2. The number of nitriles is 1. The van der Waals surface area contributed by atoms with Crippen molar-refractivity contribution in [3.8, 4) is 6.07 Å². The molecule has 112 valence electrons. The Morgan fingerprint density at radius 1 is 1.38 bits per heavy atom. The van der Waals surface area contributed by atoms with Gasteiger partial charge in [0.15, 0.2) is 5.92 Å². The zero-order valence-electron chi connectivity index (χ0n) is 12.8. The molecule has 0 N–H and O–H groups in total. The highest BCUT2D eigenvalue weighted by Crippen LogP contribution is 2.25. The second-order valence-corrected chi connectivity index (χ2v) is 5.21. The maximum Gasteiger partial charge on any atom is 0.328 e. The van der Waals surface area contributed by atoms with E-state index in [1.165, 1.54) is 6.21 Å². The lowest BCUT2D eigenvalue weighted by molar-refractivity contribution is -0.143. The van der Waals surface area contributed by atoms with E-state index in [0.29, 0.717) is 5.92 Å². The SMILES string of the molecule is CCOC(=O)[C@H](C#N)C=N[C@@H](CC(C)C)c1ccccc1. The zero-order chi connectivity index (χ0) is 15.7. The molecule has 1 aromatic carbocycles. The molecule has 0 radical (unpaired) electrons. The molecule has 21 heavy (non-hydrogen) atoms. The summed E-state index contributed by atoms with van der Waals surface area (Å²) in [6, 6.07) is 11.8. The van der Waals surface area contributed by atoms with Crippen LogP contribution in [0.1, 0.15) is 38.8 Å². The number of ether oxygens (including phenoxy) is 1. The molecular formula is C17H22N2O2. The van der Waals surface area contributed by atoms with E-state index in [1.54, 1.807) is 6.92 Å². The van der Waals surface area contributed by atoms with Gasteiger partial charge in [0.2, 0.25) is 0 Å². The highest BCUT2D eigenvalue weighted by molar-refractivity contribution is 5.92. The predicted molar refractivity (Wildman–Crippen MR) is 82.9 cm³/mol. The summed E-state index contributed by atoms with van der Waals surface area (Å²) >= 11 is 0. The van der Waals surface area contributed by atoms with E-state index in [-0.39, 0.29) is 12.6 Å². The largest absolute Gasteiger partial charge is 0.465 e. The average molecular weight is 286 g/mol. The Bertz CT molecular complexity index is 503. The van der Waals surface area contributed by atoms with Gasteiger partial charge in [0.05, 0.1) is 18.7 Å². The van der Waals surface area contributed by atoms with Crippen LogP contribution in [0.5, 0.6) is 0 Å². The minimum Gasteiger partial charge on any atom is -0.465 e. The van der Waals surface area contributed by atoms with Crippen LogP contribution in [-0.2, 0) is 9.53 Å². The standard InChI is InChI=1S/C17H22N2O2/c1-4-21-17(20)15(11-18)12-19-16(10-13(2)3)14-8-6-5-7-9-14/h5-9,12-13,15-16H,4,10H2,1-3H3/t15-,16+/m1/s1. The summed E-state index contributed by atoms with van der Waals surface area (Å²) < 4.78 is 4.86.